The Morgan fingerprint density at radius 2 is 2.28 bits per heavy atom. The van der Waals surface area contributed by atoms with Crippen LogP contribution in [-0.4, -0.2) is 38.6 Å². The number of nitrogens with one attached hydrogen (secondary N) is 1. The minimum absolute atomic E-state index is 0.0315. The molecule has 0 bridgehead atoms. The highest BCUT2D eigenvalue weighted by molar-refractivity contribution is 7.99. The van der Waals surface area contributed by atoms with Crippen molar-refractivity contribution in [2.24, 2.45) is 0 Å². The van der Waals surface area contributed by atoms with Crippen molar-refractivity contribution in [1.82, 2.24) is 9.97 Å². The van der Waals surface area contributed by atoms with Crippen molar-refractivity contribution in [1.29, 1.82) is 0 Å². The van der Waals surface area contributed by atoms with E-state index in [-0.39, 0.29) is 5.69 Å². The Balaban J connectivity index is 2.07. The van der Waals surface area contributed by atoms with Gasteiger partial charge in [0.05, 0.1) is 0 Å². The fourth-order valence-electron chi connectivity index (χ4n) is 2.26. The molecule has 2 unspecified atom stereocenters. The average molecular weight is 267 g/mol. The number of hydrogen-bond acceptors (Lipinski definition) is 5. The number of rotatable bonds is 4. The van der Waals surface area contributed by atoms with Crippen LogP contribution in [0.25, 0.3) is 0 Å². The van der Waals surface area contributed by atoms with Crippen molar-refractivity contribution in [2.75, 3.05) is 11.6 Å². The first kappa shape index (κ1) is 13.1. The molecule has 0 aromatic carbocycles. The van der Waals surface area contributed by atoms with E-state index < -0.39 is 5.97 Å². The summed E-state index contributed by atoms with van der Waals surface area (Å²) in [5, 5.41) is 12.7. The largest absolute Gasteiger partial charge is 0.477 e. The SMILES string of the molecule is CSC1CCCCC1Nc1nccc(C(=O)O)n1. The number of anilines is 1. The van der Waals surface area contributed by atoms with Crippen LogP contribution in [0.3, 0.4) is 0 Å². The van der Waals surface area contributed by atoms with Crippen LogP contribution in [0.15, 0.2) is 12.3 Å². The van der Waals surface area contributed by atoms with Crippen molar-refractivity contribution >= 4 is 23.7 Å². The van der Waals surface area contributed by atoms with Crippen molar-refractivity contribution in [3.05, 3.63) is 18.0 Å². The molecule has 0 aliphatic heterocycles. The normalized spacial score (nSPS) is 23.6. The molecule has 5 nitrogen and oxygen atoms in total. The van der Waals surface area contributed by atoms with E-state index >= 15 is 0 Å². The van der Waals surface area contributed by atoms with Crippen LogP contribution in [0.4, 0.5) is 5.95 Å². The van der Waals surface area contributed by atoms with Gasteiger partial charge in [0.15, 0.2) is 5.69 Å². The molecule has 98 valence electrons. The Bertz CT molecular complexity index is 428. The van der Waals surface area contributed by atoms with Gasteiger partial charge in [-0.3, -0.25) is 0 Å². The van der Waals surface area contributed by atoms with E-state index in [1.807, 2.05) is 11.8 Å². The first-order valence-corrected chi connectivity index (χ1v) is 7.35. The monoisotopic (exact) mass is 267 g/mol. The molecule has 2 rings (SSSR count). The van der Waals surface area contributed by atoms with E-state index in [1.165, 1.54) is 31.5 Å². The van der Waals surface area contributed by atoms with E-state index in [9.17, 15) is 4.79 Å². The zero-order valence-electron chi connectivity index (χ0n) is 10.3. The van der Waals surface area contributed by atoms with Gasteiger partial charge in [0.2, 0.25) is 5.95 Å². The number of thioether (sulfide) groups is 1. The molecule has 6 heteroatoms. The summed E-state index contributed by atoms with van der Waals surface area (Å²) >= 11 is 1.85. The Kier molecular flexibility index (Phi) is 4.41. The highest BCUT2D eigenvalue weighted by atomic mass is 32.2. The lowest BCUT2D eigenvalue weighted by Crippen LogP contribution is -2.35. The molecule has 1 aromatic rings. The Labute approximate surface area is 110 Å². The molecule has 1 heterocycles. The first-order valence-electron chi connectivity index (χ1n) is 6.06. The molecule has 0 amide bonds. The van der Waals surface area contributed by atoms with Crippen LogP contribution in [0.2, 0.25) is 0 Å². The second kappa shape index (κ2) is 6.04. The molecule has 1 aliphatic carbocycles. The second-order valence-electron chi connectivity index (χ2n) is 4.38. The minimum Gasteiger partial charge on any atom is -0.477 e. The lowest BCUT2D eigenvalue weighted by atomic mass is 9.95. The van der Waals surface area contributed by atoms with Crippen molar-refractivity contribution < 1.29 is 9.90 Å². The molecule has 1 aliphatic rings. The minimum atomic E-state index is -1.02. The van der Waals surface area contributed by atoms with E-state index in [0.29, 0.717) is 17.2 Å². The van der Waals surface area contributed by atoms with Gasteiger partial charge in [-0.05, 0) is 25.2 Å². The van der Waals surface area contributed by atoms with Crippen molar-refractivity contribution in [3.63, 3.8) is 0 Å². The zero-order chi connectivity index (χ0) is 13.0. The molecule has 0 saturated heterocycles. The fraction of sp³-hybridized carbons (Fsp3) is 0.583. The highest BCUT2D eigenvalue weighted by Gasteiger charge is 2.24. The lowest BCUT2D eigenvalue weighted by Gasteiger charge is -2.30. The van der Waals surface area contributed by atoms with Gasteiger partial charge < -0.3 is 10.4 Å². The van der Waals surface area contributed by atoms with Crippen molar-refractivity contribution in [2.45, 2.75) is 37.0 Å². The number of carboxylic acid groups (broad SMARTS) is 1. The maximum atomic E-state index is 10.8. The van der Waals surface area contributed by atoms with Gasteiger partial charge in [-0.15, -0.1) is 0 Å². The molecule has 18 heavy (non-hydrogen) atoms. The van der Waals surface area contributed by atoms with Gasteiger partial charge in [-0.25, -0.2) is 14.8 Å². The molecule has 1 saturated carbocycles. The van der Waals surface area contributed by atoms with Gasteiger partial charge in [-0.2, -0.15) is 11.8 Å². The van der Waals surface area contributed by atoms with Gasteiger partial charge in [0.25, 0.3) is 0 Å². The third-order valence-electron chi connectivity index (χ3n) is 3.19. The van der Waals surface area contributed by atoms with Crippen LogP contribution in [0.5, 0.6) is 0 Å². The van der Waals surface area contributed by atoms with Crippen LogP contribution in [0.1, 0.15) is 36.2 Å². The van der Waals surface area contributed by atoms with E-state index in [4.69, 9.17) is 5.11 Å². The number of aromatic nitrogens is 2. The summed E-state index contributed by atoms with van der Waals surface area (Å²) in [6.07, 6.45) is 8.34. The number of carboxylic acids is 1. The van der Waals surface area contributed by atoms with E-state index in [2.05, 4.69) is 21.5 Å². The third-order valence-corrected chi connectivity index (χ3v) is 4.36. The topological polar surface area (TPSA) is 75.1 Å². The molecule has 2 N–H and O–H groups in total. The van der Waals surface area contributed by atoms with Crippen LogP contribution in [0, 0.1) is 0 Å². The predicted molar refractivity (Wildman–Crippen MR) is 72.2 cm³/mol. The van der Waals surface area contributed by atoms with Crippen LogP contribution < -0.4 is 5.32 Å². The summed E-state index contributed by atoms with van der Waals surface area (Å²) in [5.74, 6) is -0.605. The number of aromatic carboxylic acids is 1. The number of nitrogens with zero attached hydrogens (tertiary/aromatic N) is 2. The Morgan fingerprint density at radius 1 is 1.50 bits per heavy atom. The van der Waals surface area contributed by atoms with Gasteiger partial charge in [0.1, 0.15) is 0 Å². The molecule has 0 radical (unpaired) electrons. The zero-order valence-corrected chi connectivity index (χ0v) is 11.1. The van der Waals surface area contributed by atoms with Gasteiger partial charge >= 0.3 is 5.97 Å². The summed E-state index contributed by atoms with van der Waals surface area (Å²) < 4.78 is 0. The molecule has 0 spiro atoms. The van der Waals surface area contributed by atoms with Gasteiger partial charge in [-0.1, -0.05) is 12.8 Å². The summed E-state index contributed by atoms with van der Waals surface area (Å²) in [6, 6.07) is 1.73. The molecule has 1 aromatic heterocycles. The van der Waals surface area contributed by atoms with Gasteiger partial charge in [0, 0.05) is 17.5 Å². The predicted octanol–water partition coefficient (Wildman–Crippen LogP) is 2.26. The highest BCUT2D eigenvalue weighted by Crippen LogP contribution is 2.28. The quantitative estimate of drug-likeness (QED) is 0.871. The standard InChI is InChI=1S/C12H17N3O2S/c1-18-10-5-3-2-4-8(10)14-12-13-7-6-9(15-12)11(16)17/h6-8,10H,2-5H2,1H3,(H,16,17)(H,13,14,15). The third kappa shape index (κ3) is 3.13. The average Bonchev–Trinajstić information content (AvgIpc) is 2.39. The Hall–Kier alpha value is -1.30. The molecular weight excluding hydrogens is 250 g/mol. The molecular formula is C12H17N3O2S. The van der Waals surface area contributed by atoms with E-state index in [0.717, 1.165) is 6.42 Å². The summed E-state index contributed by atoms with van der Waals surface area (Å²) in [4.78, 5) is 18.9. The Morgan fingerprint density at radius 3 is 3.00 bits per heavy atom. The summed E-state index contributed by atoms with van der Waals surface area (Å²) in [7, 11) is 0. The number of carbonyl (C=O) groups is 1. The van der Waals surface area contributed by atoms with Crippen LogP contribution >= 0.6 is 11.8 Å². The fourth-order valence-corrected chi connectivity index (χ4v) is 3.19. The maximum Gasteiger partial charge on any atom is 0.354 e. The van der Waals surface area contributed by atoms with Crippen LogP contribution in [-0.2, 0) is 0 Å². The maximum absolute atomic E-state index is 10.8. The molecule has 1 fully saturated rings. The smallest absolute Gasteiger partial charge is 0.354 e. The van der Waals surface area contributed by atoms with E-state index in [1.54, 1.807) is 0 Å². The molecule has 2 atom stereocenters. The lowest BCUT2D eigenvalue weighted by molar-refractivity contribution is 0.0690. The van der Waals surface area contributed by atoms with Crippen molar-refractivity contribution in [3.8, 4) is 0 Å². The second-order valence-corrected chi connectivity index (χ2v) is 5.46. The number of hydrogen-bond donors (Lipinski definition) is 2. The summed E-state index contributed by atoms with van der Waals surface area (Å²) in [5.41, 5.74) is 0.0315. The summed E-state index contributed by atoms with van der Waals surface area (Å²) in [6.45, 7) is 0. The first-order chi connectivity index (χ1) is 8.70.